The Bertz CT molecular complexity index is 867. The van der Waals surface area contributed by atoms with Crippen LogP contribution in [-0.2, 0) is 6.54 Å². The molecule has 1 heterocycles. The normalized spacial score (nSPS) is 12.0. The maximum atomic E-state index is 2.55. The van der Waals surface area contributed by atoms with Gasteiger partial charge in [-0.05, 0) is 43.5 Å². The highest BCUT2D eigenvalue weighted by atomic mass is 15.0. The van der Waals surface area contributed by atoms with Crippen LogP contribution in [0.15, 0.2) is 42.5 Å². The van der Waals surface area contributed by atoms with Crippen molar-refractivity contribution < 1.29 is 0 Å². The van der Waals surface area contributed by atoms with Crippen LogP contribution < -0.4 is 0 Å². The van der Waals surface area contributed by atoms with E-state index in [0.717, 1.165) is 6.54 Å². The number of unbranched alkanes of at least 4 members (excludes halogenated alkanes) is 5. The van der Waals surface area contributed by atoms with Gasteiger partial charge in [-0.15, -0.1) is 0 Å². The van der Waals surface area contributed by atoms with Crippen LogP contribution >= 0.6 is 0 Å². The molecule has 132 valence electrons. The number of aryl methyl sites for hydroxylation is 2. The molecule has 0 aliphatic rings. The first kappa shape index (κ1) is 17.8. The van der Waals surface area contributed by atoms with Crippen molar-refractivity contribution in [3.05, 3.63) is 53.6 Å². The molecule has 1 nitrogen and oxygen atoms in total. The van der Waals surface area contributed by atoms with Gasteiger partial charge in [0.25, 0.3) is 0 Å². The van der Waals surface area contributed by atoms with Gasteiger partial charge >= 0.3 is 0 Å². The van der Waals surface area contributed by atoms with Crippen molar-refractivity contribution in [2.24, 2.45) is 0 Å². The summed E-state index contributed by atoms with van der Waals surface area (Å²) in [6.07, 6.45) is 12.4. The molecule has 0 radical (unpaired) electrons. The standard InChI is InChI=1S/C24H31N/c1-4-6-7-8-9-10-16-25-23-17-19(3)12-14-21(23)22-15-13-20(11-5-2)18-24(22)25/h5,11-15,17-18H,4,6-10,16H2,1-3H3/b11-5+. The molecule has 0 amide bonds. The monoisotopic (exact) mass is 333 g/mol. The van der Waals surface area contributed by atoms with Crippen molar-refractivity contribution in [2.75, 3.05) is 0 Å². The van der Waals surface area contributed by atoms with Crippen LogP contribution in [0.2, 0.25) is 0 Å². The molecular formula is C24H31N. The van der Waals surface area contributed by atoms with Crippen LogP contribution in [0.5, 0.6) is 0 Å². The maximum absolute atomic E-state index is 2.55. The Balaban J connectivity index is 1.94. The van der Waals surface area contributed by atoms with Crippen LogP contribution in [0.25, 0.3) is 27.9 Å². The second kappa shape index (κ2) is 8.38. The van der Waals surface area contributed by atoms with Gasteiger partial charge in [0, 0.05) is 28.4 Å². The van der Waals surface area contributed by atoms with E-state index in [1.54, 1.807) is 0 Å². The SMILES string of the molecule is C/C=C/c1ccc2c3ccc(C)cc3n(CCCCCCCC)c2c1. The Hall–Kier alpha value is -2.02. The summed E-state index contributed by atoms with van der Waals surface area (Å²) in [5.74, 6) is 0. The molecule has 0 bridgehead atoms. The predicted octanol–water partition coefficient (Wildman–Crippen LogP) is 7.50. The fourth-order valence-corrected chi connectivity index (χ4v) is 3.81. The topological polar surface area (TPSA) is 4.93 Å². The van der Waals surface area contributed by atoms with Crippen molar-refractivity contribution in [3.8, 4) is 0 Å². The fourth-order valence-electron chi connectivity index (χ4n) is 3.81. The van der Waals surface area contributed by atoms with E-state index in [1.165, 1.54) is 71.5 Å². The number of allylic oxidation sites excluding steroid dienone is 1. The Morgan fingerprint density at radius 3 is 2.28 bits per heavy atom. The average Bonchev–Trinajstić information content (AvgIpc) is 2.91. The molecule has 0 saturated heterocycles. The lowest BCUT2D eigenvalue weighted by Crippen LogP contribution is -1.98. The summed E-state index contributed by atoms with van der Waals surface area (Å²) in [5, 5.41) is 2.77. The molecule has 0 atom stereocenters. The first-order chi connectivity index (χ1) is 12.2. The van der Waals surface area contributed by atoms with Crippen molar-refractivity contribution in [3.63, 3.8) is 0 Å². The van der Waals surface area contributed by atoms with Gasteiger partial charge < -0.3 is 4.57 Å². The lowest BCUT2D eigenvalue weighted by molar-refractivity contribution is 0.571. The molecule has 0 N–H and O–H groups in total. The minimum atomic E-state index is 1.12. The van der Waals surface area contributed by atoms with Crippen LogP contribution in [0.4, 0.5) is 0 Å². The molecule has 2 aromatic carbocycles. The van der Waals surface area contributed by atoms with E-state index < -0.39 is 0 Å². The number of fused-ring (bicyclic) bond motifs is 3. The van der Waals surface area contributed by atoms with E-state index >= 15 is 0 Å². The lowest BCUT2D eigenvalue weighted by atomic mass is 10.1. The molecule has 0 aliphatic carbocycles. The summed E-state index contributed by atoms with van der Waals surface area (Å²) in [6.45, 7) is 7.68. The third-order valence-electron chi connectivity index (χ3n) is 5.14. The van der Waals surface area contributed by atoms with Crippen molar-refractivity contribution in [1.29, 1.82) is 0 Å². The van der Waals surface area contributed by atoms with Gasteiger partial charge in [0.05, 0.1) is 0 Å². The quantitative estimate of drug-likeness (QED) is 0.376. The molecule has 3 rings (SSSR count). The third-order valence-corrected chi connectivity index (χ3v) is 5.14. The summed E-state index contributed by atoms with van der Waals surface area (Å²) in [4.78, 5) is 0. The molecule has 1 aromatic heterocycles. The zero-order chi connectivity index (χ0) is 17.6. The zero-order valence-corrected chi connectivity index (χ0v) is 16.0. The third kappa shape index (κ3) is 3.98. The number of hydrogen-bond acceptors (Lipinski definition) is 0. The molecule has 25 heavy (non-hydrogen) atoms. The largest absolute Gasteiger partial charge is 0.340 e. The van der Waals surface area contributed by atoms with E-state index in [0.29, 0.717) is 0 Å². The first-order valence-electron chi connectivity index (χ1n) is 9.90. The van der Waals surface area contributed by atoms with E-state index in [-0.39, 0.29) is 0 Å². The molecule has 1 heteroatoms. The molecule has 0 spiro atoms. The summed E-state index contributed by atoms with van der Waals surface area (Å²) in [6, 6.07) is 13.7. The maximum Gasteiger partial charge on any atom is 0.0497 e. The number of rotatable bonds is 8. The Morgan fingerprint density at radius 1 is 0.840 bits per heavy atom. The van der Waals surface area contributed by atoms with Gasteiger partial charge in [0.1, 0.15) is 0 Å². The van der Waals surface area contributed by atoms with Crippen LogP contribution in [-0.4, -0.2) is 4.57 Å². The van der Waals surface area contributed by atoms with E-state index in [4.69, 9.17) is 0 Å². The molecule has 3 aromatic rings. The number of aromatic nitrogens is 1. The molecule has 0 unspecified atom stereocenters. The highest BCUT2D eigenvalue weighted by Crippen LogP contribution is 2.31. The van der Waals surface area contributed by atoms with Gasteiger partial charge in [0.2, 0.25) is 0 Å². The number of benzene rings is 2. The van der Waals surface area contributed by atoms with Crippen LogP contribution in [0.1, 0.15) is 63.5 Å². The molecule has 0 aliphatic heterocycles. The number of nitrogens with zero attached hydrogens (tertiary/aromatic N) is 1. The van der Waals surface area contributed by atoms with Gasteiger partial charge in [-0.1, -0.05) is 75.4 Å². The summed E-state index contributed by atoms with van der Waals surface area (Å²) in [7, 11) is 0. The summed E-state index contributed by atoms with van der Waals surface area (Å²) >= 11 is 0. The van der Waals surface area contributed by atoms with Gasteiger partial charge in [-0.25, -0.2) is 0 Å². The van der Waals surface area contributed by atoms with Gasteiger partial charge in [-0.2, -0.15) is 0 Å². The Kier molecular flexibility index (Phi) is 5.96. The van der Waals surface area contributed by atoms with Crippen molar-refractivity contribution >= 4 is 27.9 Å². The highest BCUT2D eigenvalue weighted by Gasteiger charge is 2.11. The smallest absolute Gasteiger partial charge is 0.0497 e. The predicted molar refractivity (Wildman–Crippen MR) is 112 cm³/mol. The van der Waals surface area contributed by atoms with Crippen LogP contribution in [0.3, 0.4) is 0 Å². The molecule has 0 fully saturated rings. The minimum Gasteiger partial charge on any atom is -0.340 e. The summed E-state index contributed by atoms with van der Waals surface area (Å²) < 4.78 is 2.55. The fraction of sp³-hybridized carbons (Fsp3) is 0.417. The van der Waals surface area contributed by atoms with Crippen molar-refractivity contribution in [2.45, 2.75) is 65.8 Å². The average molecular weight is 334 g/mol. The molecule has 0 saturated carbocycles. The first-order valence-corrected chi connectivity index (χ1v) is 9.90. The van der Waals surface area contributed by atoms with E-state index in [1.807, 2.05) is 0 Å². The Labute approximate surface area is 152 Å². The van der Waals surface area contributed by atoms with Crippen LogP contribution in [0, 0.1) is 6.92 Å². The lowest BCUT2D eigenvalue weighted by Gasteiger charge is -2.08. The van der Waals surface area contributed by atoms with E-state index in [2.05, 4.69) is 73.9 Å². The summed E-state index contributed by atoms with van der Waals surface area (Å²) in [5.41, 5.74) is 5.40. The second-order valence-electron chi connectivity index (χ2n) is 7.22. The van der Waals surface area contributed by atoms with Crippen molar-refractivity contribution in [1.82, 2.24) is 4.57 Å². The minimum absolute atomic E-state index is 1.12. The van der Waals surface area contributed by atoms with Gasteiger partial charge in [-0.3, -0.25) is 0 Å². The zero-order valence-electron chi connectivity index (χ0n) is 16.0. The van der Waals surface area contributed by atoms with Gasteiger partial charge in [0.15, 0.2) is 0 Å². The second-order valence-corrected chi connectivity index (χ2v) is 7.22. The highest BCUT2D eigenvalue weighted by molar-refractivity contribution is 6.08. The molecular weight excluding hydrogens is 302 g/mol. The number of hydrogen-bond donors (Lipinski definition) is 0. The van der Waals surface area contributed by atoms with E-state index in [9.17, 15) is 0 Å². The Morgan fingerprint density at radius 2 is 1.52 bits per heavy atom.